The SMILES string of the molecule is COc1ccc(NC(=O)COc2ccc(C(=O)C(=O)NC3CCCCC3)cc2OC)c(C)c1. The van der Waals surface area contributed by atoms with Crippen molar-refractivity contribution in [2.45, 2.75) is 45.1 Å². The van der Waals surface area contributed by atoms with Crippen molar-refractivity contribution in [3.63, 3.8) is 0 Å². The van der Waals surface area contributed by atoms with E-state index in [1.807, 2.05) is 13.0 Å². The summed E-state index contributed by atoms with van der Waals surface area (Å²) >= 11 is 0. The first-order chi connectivity index (χ1) is 15.9. The Hall–Kier alpha value is -3.55. The molecule has 1 aliphatic carbocycles. The number of benzene rings is 2. The third kappa shape index (κ3) is 6.47. The van der Waals surface area contributed by atoms with Crippen LogP contribution in [-0.2, 0) is 9.59 Å². The van der Waals surface area contributed by atoms with Crippen LogP contribution in [0.1, 0.15) is 48.0 Å². The second-order valence-corrected chi connectivity index (χ2v) is 8.02. The predicted octanol–water partition coefficient (Wildman–Crippen LogP) is 3.66. The molecule has 2 aromatic rings. The van der Waals surface area contributed by atoms with Gasteiger partial charge in [0.2, 0.25) is 5.78 Å². The Labute approximate surface area is 193 Å². The van der Waals surface area contributed by atoms with Gasteiger partial charge in [-0.25, -0.2) is 0 Å². The van der Waals surface area contributed by atoms with Gasteiger partial charge in [0.1, 0.15) is 5.75 Å². The molecule has 1 aliphatic rings. The van der Waals surface area contributed by atoms with Gasteiger partial charge in [-0.3, -0.25) is 14.4 Å². The summed E-state index contributed by atoms with van der Waals surface area (Å²) in [6.07, 6.45) is 5.08. The first kappa shape index (κ1) is 24.1. The number of hydrogen-bond donors (Lipinski definition) is 2. The molecule has 2 amide bonds. The average Bonchev–Trinajstić information content (AvgIpc) is 2.84. The van der Waals surface area contributed by atoms with E-state index < -0.39 is 11.7 Å². The number of Topliss-reactive ketones (excluding diaryl/α,β-unsaturated/α-hetero) is 1. The van der Waals surface area contributed by atoms with Crippen LogP contribution in [0.4, 0.5) is 5.69 Å². The fraction of sp³-hybridized carbons (Fsp3) is 0.400. The van der Waals surface area contributed by atoms with E-state index in [-0.39, 0.29) is 29.9 Å². The normalized spacial score (nSPS) is 13.7. The van der Waals surface area contributed by atoms with Gasteiger partial charge < -0.3 is 24.8 Å². The van der Waals surface area contributed by atoms with E-state index in [9.17, 15) is 14.4 Å². The van der Waals surface area contributed by atoms with Crippen LogP contribution < -0.4 is 24.8 Å². The molecule has 33 heavy (non-hydrogen) atoms. The molecule has 0 saturated heterocycles. The highest BCUT2D eigenvalue weighted by Gasteiger charge is 2.23. The second-order valence-electron chi connectivity index (χ2n) is 8.02. The summed E-state index contributed by atoms with van der Waals surface area (Å²) in [7, 11) is 3.01. The van der Waals surface area contributed by atoms with Gasteiger partial charge in [0.15, 0.2) is 18.1 Å². The number of anilines is 1. The van der Waals surface area contributed by atoms with Crippen molar-refractivity contribution in [2.24, 2.45) is 0 Å². The molecule has 0 unspecified atom stereocenters. The van der Waals surface area contributed by atoms with Crippen molar-refractivity contribution in [3.05, 3.63) is 47.5 Å². The summed E-state index contributed by atoms with van der Waals surface area (Å²) in [4.78, 5) is 37.3. The molecule has 8 nitrogen and oxygen atoms in total. The smallest absolute Gasteiger partial charge is 0.292 e. The Bertz CT molecular complexity index is 1010. The standard InChI is InChI=1S/C25H30N2O6/c1-16-13-19(31-2)10-11-20(16)27-23(28)15-33-21-12-9-17(14-22(21)32-3)24(29)25(30)26-18-7-5-4-6-8-18/h9-14,18H,4-8,15H2,1-3H3,(H,26,30)(H,27,28). The van der Waals surface area contributed by atoms with Gasteiger partial charge in [-0.15, -0.1) is 0 Å². The Kier molecular flexibility index (Phi) is 8.29. The first-order valence-electron chi connectivity index (χ1n) is 11.0. The molecule has 0 aliphatic heterocycles. The molecule has 0 aromatic heterocycles. The summed E-state index contributed by atoms with van der Waals surface area (Å²) in [6.45, 7) is 1.61. The highest BCUT2D eigenvalue weighted by Crippen LogP contribution is 2.29. The highest BCUT2D eigenvalue weighted by molar-refractivity contribution is 6.42. The molecular weight excluding hydrogens is 424 g/mol. The van der Waals surface area contributed by atoms with Crippen LogP contribution >= 0.6 is 0 Å². The van der Waals surface area contributed by atoms with Crippen molar-refractivity contribution in [3.8, 4) is 17.2 Å². The zero-order chi connectivity index (χ0) is 23.8. The van der Waals surface area contributed by atoms with Crippen LogP contribution in [0, 0.1) is 6.92 Å². The molecular formula is C25H30N2O6. The third-order valence-corrected chi connectivity index (χ3v) is 5.64. The van der Waals surface area contributed by atoms with E-state index in [2.05, 4.69) is 10.6 Å². The van der Waals surface area contributed by atoms with Gasteiger partial charge in [0.25, 0.3) is 11.8 Å². The molecule has 0 atom stereocenters. The summed E-state index contributed by atoms with van der Waals surface area (Å²) < 4.78 is 16.1. The quantitative estimate of drug-likeness (QED) is 0.443. The molecule has 0 bridgehead atoms. The van der Waals surface area contributed by atoms with Gasteiger partial charge in [-0.05, 0) is 61.7 Å². The van der Waals surface area contributed by atoms with Crippen molar-refractivity contribution in [1.82, 2.24) is 5.32 Å². The number of aryl methyl sites for hydroxylation is 1. The number of ether oxygens (including phenoxy) is 3. The number of hydrogen-bond acceptors (Lipinski definition) is 6. The summed E-state index contributed by atoms with van der Waals surface area (Å²) in [5, 5.41) is 5.61. The van der Waals surface area contributed by atoms with Crippen molar-refractivity contribution in [1.29, 1.82) is 0 Å². The van der Waals surface area contributed by atoms with Crippen LogP contribution in [0.2, 0.25) is 0 Å². The zero-order valence-corrected chi connectivity index (χ0v) is 19.2. The predicted molar refractivity (Wildman–Crippen MR) is 124 cm³/mol. The lowest BCUT2D eigenvalue weighted by atomic mass is 9.95. The number of carbonyl (C=O) groups is 3. The minimum atomic E-state index is -0.627. The van der Waals surface area contributed by atoms with Gasteiger partial charge in [0.05, 0.1) is 14.2 Å². The largest absolute Gasteiger partial charge is 0.497 e. The number of ketones is 1. The van der Waals surface area contributed by atoms with Gasteiger partial charge in [-0.1, -0.05) is 19.3 Å². The van der Waals surface area contributed by atoms with E-state index in [1.165, 1.54) is 25.3 Å². The molecule has 176 valence electrons. The van der Waals surface area contributed by atoms with E-state index >= 15 is 0 Å². The minimum Gasteiger partial charge on any atom is -0.497 e. The molecule has 0 spiro atoms. The van der Waals surface area contributed by atoms with Gasteiger partial charge in [-0.2, -0.15) is 0 Å². The lowest BCUT2D eigenvalue weighted by molar-refractivity contribution is -0.118. The maximum atomic E-state index is 12.6. The van der Waals surface area contributed by atoms with Crippen LogP contribution in [0.25, 0.3) is 0 Å². The fourth-order valence-corrected chi connectivity index (χ4v) is 3.79. The Morgan fingerprint density at radius 3 is 2.36 bits per heavy atom. The molecule has 0 heterocycles. The molecule has 0 radical (unpaired) electrons. The number of rotatable bonds is 9. The molecule has 1 saturated carbocycles. The van der Waals surface area contributed by atoms with Crippen LogP contribution in [-0.4, -0.2) is 44.5 Å². The van der Waals surface area contributed by atoms with Crippen molar-refractivity contribution in [2.75, 3.05) is 26.1 Å². The summed E-state index contributed by atoms with van der Waals surface area (Å²) in [6, 6.07) is 9.84. The molecule has 2 aromatic carbocycles. The maximum Gasteiger partial charge on any atom is 0.292 e. The monoisotopic (exact) mass is 454 g/mol. The number of nitrogens with one attached hydrogen (secondary N) is 2. The van der Waals surface area contributed by atoms with Crippen LogP contribution in [0.5, 0.6) is 17.2 Å². The van der Waals surface area contributed by atoms with Crippen molar-refractivity contribution >= 4 is 23.3 Å². The number of carbonyl (C=O) groups excluding carboxylic acids is 3. The number of methoxy groups -OCH3 is 2. The maximum absolute atomic E-state index is 12.6. The molecule has 3 rings (SSSR count). The van der Waals surface area contributed by atoms with E-state index in [0.717, 1.165) is 37.7 Å². The molecule has 1 fully saturated rings. The van der Waals surface area contributed by atoms with Crippen LogP contribution in [0.15, 0.2) is 36.4 Å². The molecule has 2 N–H and O–H groups in total. The fourth-order valence-electron chi connectivity index (χ4n) is 3.79. The zero-order valence-electron chi connectivity index (χ0n) is 19.2. The van der Waals surface area contributed by atoms with E-state index in [0.29, 0.717) is 17.2 Å². The topological polar surface area (TPSA) is 103 Å². The average molecular weight is 455 g/mol. The Morgan fingerprint density at radius 2 is 1.70 bits per heavy atom. The Balaban J connectivity index is 1.59. The van der Waals surface area contributed by atoms with Crippen LogP contribution in [0.3, 0.4) is 0 Å². The summed E-state index contributed by atoms with van der Waals surface area (Å²) in [5.74, 6) is -0.334. The van der Waals surface area contributed by atoms with E-state index in [1.54, 1.807) is 19.2 Å². The van der Waals surface area contributed by atoms with E-state index in [4.69, 9.17) is 14.2 Å². The van der Waals surface area contributed by atoms with Crippen molar-refractivity contribution < 1.29 is 28.6 Å². The van der Waals surface area contributed by atoms with Gasteiger partial charge in [0, 0.05) is 17.3 Å². The lowest BCUT2D eigenvalue weighted by Gasteiger charge is -2.22. The third-order valence-electron chi connectivity index (χ3n) is 5.64. The highest BCUT2D eigenvalue weighted by atomic mass is 16.5. The second kappa shape index (κ2) is 11.4. The van der Waals surface area contributed by atoms with Gasteiger partial charge >= 0.3 is 0 Å². The minimum absolute atomic E-state index is 0.0487. The first-order valence-corrected chi connectivity index (χ1v) is 11.0. The summed E-state index contributed by atoms with van der Waals surface area (Å²) in [5.41, 5.74) is 1.71. The number of amides is 2. The Morgan fingerprint density at radius 1 is 0.939 bits per heavy atom. The lowest BCUT2D eigenvalue weighted by Crippen LogP contribution is -2.40. The molecule has 8 heteroatoms.